The number of aromatic amines is 1. The van der Waals surface area contributed by atoms with Crippen LogP contribution in [0.1, 0.15) is 13.8 Å². The van der Waals surface area contributed by atoms with Crippen molar-refractivity contribution in [1.29, 1.82) is 0 Å². The zero-order valence-electron chi connectivity index (χ0n) is 8.84. The Morgan fingerprint density at radius 1 is 1.60 bits per heavy atom. The van der Waals surface area contributed by atoms with Gasteiger partial charge in [0, 0.05) is 25.3 Å². The largest absolute Gasteiger partial charge is 0.329 e. The van der Waals surface area contributed by atoms with Gasteiger partial charge in [0.2, 0.25) is 10.0 Å². The van der Waals surface area contributed by atoms with Crippen LogP contribution in [-0.4, -0.2) is 42.1 Å². The van der Waals surface area contributed by atoms with Gasteiger partial charge in [0.1, 0.15) is 4.90 Å². The highest BCUT2D eigenvalue weighted by Gasteiger charge is 2.26. The van der Waals surface area contributed by atoms with Gasteiger partial charge in [-0.15, -0.1) is 0 Å². The second-order valence-electron chi connectivity index (χ2n) is 3.43. The fraction of sp³-hybridized carbons (Fsp3) is 0.625. The second-order valence-corrected chi connectivity index (χ2v) is 5.32. The van der Waals surface area contributed by atoms with Crippen molar-refractivity contribution in [2.24, 2.45) is 5.73 Å². The quantitative estimate of drug-likeness (QED) is 0.733. The van der Waals surface area contributed by atoms with E-state index >= 15 is 0 Å². The van der Waals surface area contributed by atoms with Crippen molar-refractivity contribution in [3.8, 4) is 0 Å². The van der Waals surface area contributed by atoms with Crippen molar-refractivity contribution >= 4 is 10.0 Å². The van der Waals surface area contributed by atoms with Gasteiger partial charge in [-0.05, 0) is 13.8 Å². The van der Waals surface area contributed by atoms with Gasteiger partial charge < -0.3 is 5.73 Å². The zero-order valence-corrected chi connectivity index (χ0v) is 9.66. The SMILES string of the molecule is CC(C)N(CCN)S(=O)(=O)c1cn[nH]c1. The Labute approximate surface area is 89.5 Å². The van der Waals surface area contributed by atoms with E-state index in [2.05, 4.69) is 10.2 Å². The molecule has 0 bridgehead atoms. The number of hydrogen-bond donors (Lipinski definition) is 2. The maximum atomic E-state index is 12.0. The number of nitrogens with two attached hydrogens (primary N) is 1. The first kappa shape index (κ1) is 12.2. The minimum absolute atomic E-state index is 0.117. The summed E-state index contributed by atoms with van der Waals surface area (Å²) in [6.45, 7) is 4.24. The summed E-state index contributed by atoms with van der Waals surface area (Å²) < 4.78 is 25.4. The lowest BCUT2D eigenvalue weighted by Crippen LogP contribution is -2.40. The maximum Gasteiger partial charge on any atom is 0.246 e. The normalized spacial score (nSPS) is 12.6. The van der Waals surface area contributed by atoms with E-state index < -0.39 is 10.0 Å². The summed E-state index contributed by atoms with van der Waals surface area (Å²) in [5, 5.41) is 6.11. The van der Waals surface area contributed by atoms with Gasteiger partial charge in [-0.3, -0.25) is 5.10 Å². The van der Waals surface area contributed by atoms with Crippen LogP contribution in [0.3, 0.4) is 0 Å². The molecule has 1 rings (SSSR count). The van der Waals surface area contributed by atoms with E-state index in [1.807, 2.05) is 13.8 Å². The third-order valence-corrected chi connectivity index (χ3v) is 4.05. The number of nitrogens with zero attached hydrogens (tertiary/aromatic N) is 2. The summed E-state index contributed by atoms with van der Waals surface area (Å²) in [7, 11) is -3.46. The molecule has 3 N–H and O–H groups in total. The third-order valence-electron chi connectivity index (χ3n) is 2.01. The molecule has 6 nitrogen and oxygen atoms in total. The molecule has 0 aliphatic carbocycles. The molecule has 0 radical (unpaired) electrons. The molecule has 86 valence electrons. The first-order chi connectivity index (χ1) is 7.00. The Morgan fingerprint density at radius 2 is 2.27 bits per heavy atom. The van der Waals surface area contributed by atoms with Crippen molar-refractivity contribution in [3.05, 3.63) is 12.4 Å². The Hall–Kier alpha value is -0.920. The molecule has 0 saturated heterocycles. The second kappa shape index (κ2) is 4.73. The highest BCUT2D eigenvalue weighted by Crippen LogP contribution is 2.15. The third kappa shape index (κ3) is 2.55. The number of hydrogen-bond acceptors (Lipinski definition) is 4. The smallest absolute Gasteiger partial charge is 0.246 e. The zero-order chi connectivity index (χ0) is 11.5. The van der Waals surface area contributed by atoms with E-state index in [0.29, 0.717) is 13.1 Å². The van der Waals surface area contributed by atoms with E-state index in [1.165, 1.54) is 16.7 Å². The van der Waals surface area contributed by atoms with Crippen molar-refractivity contribution in [2.45, 2.75) is 24.8 Å². The molecule has 0 aliphatic heterocycles. The lowest BCUT2D eigenvalue weighted by molar-refractivity contribution is 0.361. The molecule has 0 unspecified atom stereocenters. The van der Waals surface area contributed by atoms with Crippen molar-refractivity contribution in [3.63, 3.8) is 0 Å². The average molecular weight is 232 g/mol. The standard InChI is InChI=1S/C8H16N4O2S/c1-7(2)12(4-3-9)15(13,14)8-5-10-11-6-8/h5-7H,3-4,9H2,1-2H3,(H,10,11). The number of sulfonamides is 1. The number of nitrogens with one attached hydrogen (secondary N) is 1. The van der Waals surface area contributed by atoms with Gasteiger partial charge in [-0.25, -0.2) is 8.42 Å². The summed E-state index contributed by atoms with van der Waals surface area (Å²) in [6.07, 6.45) is 2.66. The van der Waals surface area contributed by atoms with Gasteiger partial charge in [0.05, 0.1) is 6.20 Å². The van der Waals surface area contributed by atoms with Crippen LogP contribution < -0.4 is 5.73 Å². The van der Waals surface area contributed by atoms with Crippen LogP contribution in [0.25, 0.3) is 0 Å². The van der Waals surface area contributed by atoms with Gasteiger partial charge >= 0.3 is 0 Å². The average Bonchev–Trinajstić information content (AvgIpc) is 2.66. The van der Waals surface area contributed by atoms with E-state index in [4.69, 9.17) is 5.73 Å². The molecule has 1 aromatic rings. The highest BCUT2D eigenvalue weighted by molar-refractivity contribution is 7.89. The molecule has 0 fully saturated rings. The number of rotatable bonds is 5. The van der Waals surface area contributed by atoms with Gasteiger partial charge in [0.15, 0.2) is 0 Å². The Morgan fingerprint density at radius 3 is 2.67 bits per heavy atom. The van der Waals surface area contributed by atoms with E-state index in [9.17, 15) is 8.42 Å². The molecule has 1 aromatic heterocycles. The predicted octanol–water partition coefficient (Wildman–Crippen LogP) is -0.232. The molecule has 0 aliphatic rings. The molecule has 0 spiro atoms. The lowest BCUT2D eigenvalue weighted by Gasteiger charge is -2.24. The van der Waals surface area contributed by atoms with Crippen LogP contribution in [0.4, 0.5) is 0 Å². The molecular weight excluding hydrogens is 216 g/mol. The lowest BCUT2D eigenvalue weighted by atomic mass is 10.4. The summed E-state index contributed by atoms with van der Waals surface area (Å²) >= 11 is 0. The van der Waals surface area contributed by atoms with Crippen LogP contribution >= 0.6 is 0 Å². The van der Waals surface area contributed by atoms with E-state index in [-0.39, 0.29) is 10.9 Å². The Balaban J connectivity index is 3.02. The molecule has 7 heteroatoms. The predicted molar refractivity (Wildman–Crippen MR) is 56.7 cm³/mol. The first-order valence-electron chi connectivity index (χ1n) is 4.71. The fourth-order valence-corrected chi connectivity index (χ4v) is 2.86. The van der Waals surface area contributed by atoms with Gasteiger partial charge in [-0.1, -0.05) is 0 Å². The van der Waals surface area contributed by atoms with Crippen LogP contribution in [0, 0.1) is 0 Å². The van der Waals surface area contributed by atoms with Crippen LogP contribution in [0.15, 0.2) is 17.3 Å². The first-order valence-corrected chi connectivity index (χ1v) is 6.15. The summed E-state index contributed by atoms with van der Waals surface area (Å²) in [6, 6.07) is -0.117. The minimum Gasteiger partial charge on any atom is -0.329 e. The maximum absolute atomic E-state index is 12.0. The summed E-state index contributed by atoms with van der Waals surface area (Å²) in [5.74, 6) is 0. The Kier molecular flexibility index (Phi) is 3.83. The number of H-pyrrole nitrogens is 1. The minimum atomic E-state index is -3.46. The molecule has 15 heavy (non-hydrogen) atoms. The number of aromatic nitrogens is 2. The molecule has 0 amide bonds. The topological polar surface area (TPSA) is 92.1 Å². The van der Waals surface area contributed by atoms with Gasteiger partial charge in [0.25, 0.3) is 0 Å². The fourth-order valence-electron chi connectivity index (χ4n) is 1.30. The van der Waals surface area contributed by atoms with Gasteiger partial charge in [-0.2, -0.15) is 9.40 Å². The summed E-state index contributed by atoms with van der Waals surface area (Å²) in [5.41, 5.74) is 5.39. The van der Waals surface area contributed by atoms with Crippen molar-refractivity contribution in [2.75, 3.05) is 13.1 Å². The summed E-state index contributed by atoms with van der Waals surface area (Å²) in [4.78, 5) is 0.171. The van der Waals surface area contributed by atoms with E-state index in [0.717, 1.165) is 0 Å². The molecule has 0 aromatic carbocycles. The monoisotopic (exact) mass is 232 g/mol. The van der Waals surface area contributed by atoms with Crippen molar-refractivity contribution < 1.29 is 8.42 Å². The molecule has 0 atom stereocenters. The van der Waals surface area contributed by atoms with Crippen LogP contribution in [0.5, 0.6) is 0 Å². The highest BCUT2D eigenvalue weighted by atomic mass is 32.2. The molecule has 0 saturated carbocycles. The van der Waals surface area contributed by atoms with Crippen molar-refractivity contribution in [1.82, 2.24) is 14.5 Å². The van der Waals surface area contributed by atoms with Crippen LogP contribution in [-0.2, 0) is 10.0 Å². The molecular formula is C8H16N4O2S. The van der Waals surface area contributed by atoms with E-state index in [1.54, 1.807) is 0 Å². The Bertz CT molecular complexity index is 385. The van der Waals surface area contributed by atoms with Crippen LogP contribution in [0.2, 0.25) is 0 Å². The molecule has 1 heterocycles.